The second kappa shape index (κ2) is 10.4. The van der Waals surface area contributed by atoms with E-state index in [1.165, 1.54) is 6.08 Å². The van der Waals surface area contributed by atoms with Gasteiger partial charge < -0.3 is 20.1 Å². The Morgan fingerprint density at radius 2 is 1.80 bits per heavy atom. The first kappa shape index (κ1) is 20.5. The highest BCUT2D eigenvalue weighted by atomic mass is 16.5. The summed E-state index contributed by atoms with van der Waals surface area (Å²) in [5.41, 5.74) is 2.10. The molecule has 0 saturated carbocycles. The molecule has 1 unspecified atom stereocenters. The second-order valence-electron chi connectivity index (χ2n) is 5.74. The van der Waals surface area contributed by atoms with E-state index in [1.54, 1.807) is 6.92 Å². The van der Waals surface area contributed by atoms with E-state index in [9.17, 15) is 9.59 Å². The van der Waals surface area contributed by atoms with Gasteiger partial charge in [-0.2, -0.15) is 0 Å². The summed E-state index contributed by atoms with van der Waals surface area (Å²) >= 11 is 0. The monoisotopic (exact) mass is 348 g/mol. The van der Waals surface area contributed by atoms with Crippen LogP contribution in [0.25, 0.3) is 0 Å². The van der Waals surface area contributed by atoms with Gasteiger partial charge in [0.1, 0.15) is 0 Å². The Morgan fingerprint density at radius 1 is 1.20 bits per heavy atom. The first-order valence-electron chi connectivity index (χ1n) is 8.64. The first-order chi connectivity index (χ1) is 11.9. The van der Waals surface area contributed by atoms with Crippen LogP contribution in [-0.4, -0.2) is 36.2 Å². The number of rotatable bonds is 10. The zero-order valence-electron chi connectivity index (χ0n) is 15.4. The molecule has 0 aliphatic carbocycles. The third kappa shape index (κ3) is 7.28. The Kier molecular flexibility index (Phi) is 8.53. The number of hydrogen-bond acceptors (Lipinski definition) is 5. The van der Waals surface area contributed by atoms with E-state index in [2.05, 4.69) is 24.1 Å². The predicted octanol–water partition coefficient (Wildman–Crippen LogP) is 3.65. The smallest absolute Gasteiger partial charge is 0.332 e. The molecular weight excluding hydrogens is 320 g/mol. The van der Waals surface area contributed by atoms with Crippen LogP contribution in [0.2, 0.25) is 0 Å². The van der Waals surface area contributed by atoms with Crippen molar-refractivity contribution < 1.29 is 19.4 Å². The summed E-state index contributed by atoms with van der Waals surface area (Å²) in [6, 6.07) is 7.66. The van der Waals surface area contributed by atoms with Gasteiger partial charge in [0.05, 0.1) is 12.5 Å². The van der Waals surface area contributed by atoms with Crippen molar-refractivity contribution >= 4 is 23.3 Å². The van der Waals surface area contributed by atoms with Crippen LogP contribution in [0.5, 0.6) is 0 Å². The lowest BCUT2D eigenvalue weighted by molar-refractivity contribution is -0.142. The molecule has 0 amide bonds. The predicted molar refractivity (Wildman–Crippen MR) is 99.8 cm³/mol. The highest BCUT2D eigenvalue weighted by Gasteiger charge is 2.11. The molecule has 0 aliphatic heterocycles. The normalized spacial score (nSPS) is 12.4. The lowest BCUT2D eigenvalue weighted by Crippen LogP contribution is -2.21. The lowest BCUT2D eigenvalue weighted by atomic mass is 10.2. The number of carboxylic acid groups (broad SMARTS) is 1. The standard InChI is InChI=1S/C19H28N2O4/c1-5-14(4)25-19(24)13-16(12-18(22)23)20-15-8-10-17(11-9-15)21(6-2)7-3/h8-11,13-14,20H,5-7,12H2,1-4H3,(H,22,23). The van der Waals surface area contributed by atoms with Crippen molar-refractivity contribution in [1.82, 2.24) is 0 Å². The van der Waals surface area contributed by atoms with Crippen LogP contribution in [0.3, 0.4) is 0 Å². The van der Waals surface area contributed by atoms with Gasteiger partial charge in [-0.3, -0.25) is 4.79 Å². The zero-order valence-corrected chi connectivity index (χ0v) is 15.4. The van der Waals surface area contributed by atoms with Gasteiger partial charge in [-0.25, -0.2) is 4.79 Å². The van der Waals surface area contributed by atoms with E-state index < -0.39 is 11.9 Å². The molecule has 25 heavy (non-hydrogen) atoms. The molecule has 1 atom stereocenters. The number of carbonyl (C=O) groups is 2. The summed E-state index contributed by atoms with van der Waals surface area (Å²) in [5.74, 6) is -1.56. The minimum atomic E-state index is -1.02. The molecule has 6 heteroatoms. The average molecular weight is 348 g/mol. The maximum atomic E-state index is 11.9. The van der Waals surface area contributed by atoms with E-state index in [0.29, 0.717) is 6.42 Å². The highest BCUT2D eigenvalue weighted by Crippen LogP contribution is 2.19. The summed E-state index contributed by atoms with van der Waals surface area (Å²) in [7, 11) is 0. The van der Waals surface area contributed by atoms with Gasteiger partial charge in [0, 0.05) is 36.2 Å². The van der Waals surface area contributed by atoms with E-state index in [4.69, 9.17) is 9.84 Å². The Labute approximate surface area is 149 Å². The Morgan fingerprint density at radius 3 is 2.28 bits per heavy atom. The van der Waals surface area contributed by atoms with Gasteiger partial charge >= 0.3 is 11.9 Å². The first-order valence-corrected chi connectivity index (χ1v) is 8.64. The number of hydrogen-bond donors (Lipinski definition) is 2. The Bertz CT molecular complexity index is 592. The van der Waals surface area contributed by atoms with E-state index in [-0.39, 0.29) is 18.2 Å². The molecule has 1 aromatic rings. The molecule has 0 bridgehead atoms. The summed E-state index contributed by atoms with van der Waals surface area (Å²) in [6.45, 7) is 9.71. The van der Waals surface area contributed by atoms with Crippen molar-refractivity contribution in [3.8, 4) is 0 Å². The quantitative estimate of drug-likeness (QED) is 0.496. The summed E-state index contributed by atoms with van der Waals surface area (Å²) in [6.07, 6.45) is 1.42. The number of ether oxygens (including phenoxy) is 1. The minimum absolute atomic E-state index is 0.205. The number of nitrogens with one attached hydrogen (secondary N) is 1. The van der Waals surface area contributed by atoms with Crippen molar-refractivity contribution in [3.05, 3.63) is 36.0 Å². The van der Waals surface area contributed by atoms with Crippen molar-refractivity contribution in [2.45, 2.75) is 46.6 Å². The third-order valence-corrected chi connectivity index (χ3v) is 3.83. The van der Waals surface area contributed by atoms with Crippen LogP contribution >= 0.6 is 0 Å². The van der Waals surface area contributed by atoms with E-state index in [1.807, 2.05) is 31.2 Å². The zero-order chi connectivity index (χ0) is 18.8. The number of anilines is 2. The number of nitrogens with zero attached hydrogens (tertiary/aromatic N) is 1. The van der Waals surface area contributed by atoms with Crippen molar-refractivity contribution in [2.75, 3.05) is 23.3 Å². The third-order valence-electron chi connectivity index (χ3n) is 3.83. The molecule has 0 aromatic heterocycles. The highest BCUT2D eigenvalue weighted by molar-refractivity contribution is 5.85. The molecule has 0 spiro atoms. The number of aliphatic carboxylic acids is 1. The maximum absolute atomic E-state index is 11.9. The van der Waals surface area contributed by atoms with Crippen LogP contribution < -0.4 is 10.2 Å². The lowest BCUT2D eigenvalue weighted by Gasteiger charge is -2.21. The topological polar surface area (TPSA) is 78.9 Å². The van der Waals surface area contributed by atoms with E-state index in [0.717, 1.165) is 24.5 Å². The van der Waals surface area contributed by atoms with Gasteiger partial charge in [-0.05, 0) is 51.5 Å². The number of carbonyl (C=O) groups excluding carboxylic acids is 1. The number of esters is 1. The average Bonchev–Trinajstić information content (AvgIpc) is 2.56. The largest absolute Gasteiger partial charge is 0.481 e. The van der Waals surface area contributed by atoms with Crippen LogP contribution in [-0.2, 0) is 14.3 Å². The van der Waals surface area contributed by atoms with E-state index >= 15 is 0 Å². The van der Waals surface area contributed by atoms with Crippen LogP contribution in [0.15, 0.2) is 36.0 Å². The maximum Gasteiger partial charge on any atom is 0.332 e. The SMILES string of the molecule is CCC(C)OC(=O)C=C(CC(=O)O)Nc1ccc(N(CC)CC)cc1. The fourth-order valence-electron chi connectivity index (χ4n) is 2.28. The number of benzene rings is 1. The van der Waals surface area contributed by atoms with Gasteiger partial charge in [0.25, 0.3) is 0 Å². The van der Waals surface area contributed by atoms with Crippen LogP contribution in [0, 0.1) is 0 Å². The minimum Gasteiger partial charge on any atom is -0.481 e. The van der Waals surface area contributed by atoms with Gasteiger partial charge in [0.2, 0.25) is 0 Å². The van der Waals surface area contributed by atoms with Crippen LogP contribution in [0.4, 0.5) is 11.4 Å². The molecule has 0 saturated heterocycles. The fraction of sp³-hybridized carbons (Fsp3) is 0.474. The van der Waals surface area contributed by atoms with Gasteiger partial charge in [-0.15, -0.1) is 0 Å². The molecule has 2 N–H and O–H groups in total. The summed E-state index contributed by atoms with van der Waals surface area (Å²) in [5, 5.41) is 12.0. The molecule has 0 fully saturated rings. The summed E-state index contributed by atoms with van der Waals surface area (Å²) < 4.78 is 5.17. The molecule has 1 aromatic carbocycles. The molecule has 0 aliphatic rings. The summed E-state index contributed by atoms with van der Waals surface area (Å²) in [4.78, 5) is 25.1. The van der Waals surface area contributed by atoms with Gasteiger partial charge in [-0.1, -0.05) is 6.92 Å². The van der Waals surface area contributed by atoms with Crippen molar-refractivity contribution in [1.29, 1.82) is 0 Å². The Balaban J connectivity index is 2.87. The van der Waals surface area contributed by atoms with Gasteiger partial charge in [0.15, 0.2) is 0 Å². The molecule has 6 nitrogen and oxygen atoms in total. The molecule has 0 radical (unpaired) electrons. The number of carboxylic acids is 1. The second-order valence-corrected chi connectivity index (χ2v) is 5.74. The fourth-order valence-corrected chi connectivity index (χ4v) is 2.28. The van der Waals surface area contributed by atoms with Crippen molar-refractivity contribution in [3.63, 3.8) is 0 Å². The Hall–Kier alpha value is -2.50. The van der Waals surface area contributed by atoms with Crippen LogP contribution in [0.1, 0.15) is 40.5 Å². The molecule has 0 heterocycles. The van der Waals surface area contributed by atoms with Crippen molar-refractivity contribution in [2.24, 2.45) is 0 Å². The molecular formula is C19H28N2O4. The molecule has 138 valence electrons. The molecule has 1 rings (SSSR count).